The molecule has 0 aliphatic rings. The maximum Gasteiger partial charge on any atom is 0.262 e. The summed E-state index contributed by atoms with van der Waals surface area (Å²) in [6.45, 7) is 0. The Hall–Kier alpha value is -1.98. The van der Waals surface area contributed by atoms with Crippen molar-refractivity contribution < 1.29 is 17.2 Å². The van der Waals surface area contributed by atoms with Crippen LogP contribution in [0.3, 0.4) is 0 Å². The lowest BCUT2D eigenvalue weighted by molar-refractivity contribution is 0.596. The Balaban J connectivity index is 2.41. The van der Waals surface area contributed by atoms with E-state index in [0.717, 1.165) is 24.3 Å². The minimum absolute atomic E-state index is 0.249. The Bertz CT molecular complexity index is 848. The maximum atomic E-state index is 13.6. The smallest absolute Gasteiger partial charge is 0.262 e. The molecule has 0 spiro atoms. The Morgan fingerprint density at radius 2 is 1.81 bits per heavy atom. The van der Waals surface area contributed by atoms with Crippen LogP contribution in [-0.4, -0.2) is 8.42 Å². The summed E-state index contributed by atoms with van der Waals surface area (Å²) in [5.74, 6) is -1.60. The predicted molar refractivity (Wildman–Crippen MR) is 76.0 cm³/mol. The van der Waals surface area contributed by atoms with Crippen LogP contribution in [-0.2, 0) is 10.0 Å². The van der Waals surface area contributed by atoms with E-state index in [2.05, 4.69) is 15.9 Å². The SMILES string of the molecule is N#Cc1cc(S(=O)(=O)Nc2ccc(Br)cc2F)ccc1F. The van der Waals surface area contributed by atoms with E-state index in [-0.39, 0.29) is 10.6 Å². The van der Waals surface area contributed by atoms with Gasteiger partial charge in [0.25, 0.3) is 10.0 Å². The molecule has 0 aromatic heterocycles. The summed E-state index contributed by atoms with van der Waals surface area (Å²) in [6.07, 6.45) is 0. The minimum atomic E-state index is -4.12. The van der Waals surface area contributed by atoms with E-state index >= 15 is 0 Å². The molecule has 0 aliphatic carbocycles. The highest BCUT2D eigenvalue weighted by molar-refractivity contribution is 9.10. The monoisotopic (exact) mass is 372 g/mol. The van der Waals surface area contributed by atoms with Crippen molar-refractivity contribution in [2.24, 2.45) is 0 Å². The van der Waals surface area contributed by atoms with Gasteiger partial charge in [0.15, 0.2) is 0 Å². The van der Waals surface area contributed by atoms with Crippen LogP contribution in [0.25, 0.3) is 0 Å². The van der Waals surface area contributed by atoms with Gasteiger partial charge in [-0.05, 0) is 36.4 Å². The molecule has 1 N–H and O–H groups in total. The molecular formula is C13H7BrF2N2O2S. The van der Waals surface area contributed by atoms with Crippen LogP contribution >= 0.6 is 15.9 Å². The second-order valence-corrected chi connectivity index (χ2v) is 6.58. The quantitative estimate of drug-likeness (QED) is 0.897. The van der Waals surface area contributed by atoms with Crippen molar-refractivity contribution in [2.45, 2.75) is 4.90 Å². The van der Waals surface area contributed by atoms with Crippen LogP contribution in [0, 0.1) is 23.0 Å². The van der Waals surface area contributed by atoms with Crippen molar-refractivity contribution in [1.29, 1.82) is 5.26 Å². The van der Waals surface area contributed by atoms with Gasteiger partial charge in [0.05, 0.1) is 16.1 Å². The molecular weight excluding hydrogens is 366 g/mol. The Morgan fingerprint density at radius 3 is 2.43 bits per heavy atom. The van der Waals surface area contributed by atoms with Crippen molar-refractivity contribution in [3.63, 3.8) is 0 Å². The van der Waals surface area contributed by atoms with Gasteiger partial charge in [0.1, 0.15) is 17.7 Å². The number of benzene rings is 2. The number of nitrogens with one attached hydrogen (secondary N) is 1. The Morgan fingerprint density at radius 1 is 1.10 bits per heavy atom. The average Bonchev–Trinajstić information content (AvgIpc) is 2.42. The van der Waals surface area contributed by atoms with E-state index < -0.39 is 27.2 Å². The van der Waals surface area contributed by atoms with Crippen LogP contribution in [0.4, 0.5) is 14.5 Å². The zero-order chi connectivity index (χ0) is 15.6. The fraction of sp³-hybridized carbons (Fsp3) is 0. The first-order chi connectivity index (χ1) is 9.83. The fourth-order valence-electron chi connectivity index (χ4n) is 1.53. The topological polar surface area (TPSA) is 70.0 Å². The summed E-state index contributed by atoms with van der Waals surface area (Å²) in [4.78, 5) is -0.331. The lowest BCUT2D eigenvalue weighted by Crippen LogP contribution is -2.14. The minimum Gasteiger partial charge on any atom is -0.277 e. The molecule has 4 nitrogen and oxygen atoms in total. The maximum absolute atomic E-state index is 13.6. The van der Waals surface area contributed by atoms with E-state index in [9.17, 15) is 17.2 Å². The van der Waals surface area contributed by atoms with Crippen LogP contribution in [0.15, 0.2) is 45.8 Å². The molecule has 0 atom stereocenters. The molecule has 0 saturated heterocycles. The average molecular weight is 373 g/mol. The number of rotatable bonds is 3. The Labute approximate surface area is 128 Å². The van der Waals surface area contributed by atoms with Gasteiger partial charge in [-0.3, -0.25) is 4.72 Å². The molecule has 0 bridgehead atoms. The molecule has 0 saturated carbocycles. The molecule has 2 rings (SSSR count). The summed E-state index contributed by atoms with van der Waals surface area (Å²) in [7, 11) is -4.12. The molecule has 2 aromatic carbocycles. The van der Waals surface area contributed by atoms with Crippen molar-refractivity contribution in [2.75, 3.05) is 4.72 Å². The van der Waals surface area contributed by atoms with E-state index in [1.165, 1.54) is 12.1 Å². The molecule has 21 heavy (non-hydrogen) atoms. The predicted octanol–water partition coefficient (Wildman–Crippen LogP) is 3.40. The number of halogens is 3. The lowest BCUT2D eigenvalue weighted by atomic mass is 10.2. The highest BCUT2D eigenvalue weighted by Crippen LogP contribution is 2.23. The third kappa shape index (κ3) is 3.37. The van der Waals surface area contributed by atoms with Gasteiger partial charge in [-0.2, -0.15) is 5.26 Å². The highest BCUT2D eigenvalue weighted by atomic mass is 79.9. The van der Waals surface area contributed by atoms with Crippen molar-refractivity contribution in [3.05, 3.63) is 58.1 Å². The number of hydrogen-bond donors (Lipinski definition) is 1. The third-order valence-corrected chi connectivity index (χ3v) is 4.40. The number of nitrogens with zero attached hydrogens (tertiary/aromatic N) is 1. The molecule has 0 heterocycles. The first-order valence-corrected chi connectivity index (χ1v) is 7.78. The zero-order valence-corrected chi connectivity index (χ0v) is 12.7. The van der Waals surface area contributed by atoms with Gasteiger partial charge in [0, 0.05) is 4.47 Å². The molecule has 0 amide bonds. The summed E-state index contributed by atoms with van der Waals surface area (Å²) in [6, 6.07) is 8.09. The first kappa shape index (κ1) is 15.4. The largest absolute Gasteiger partial charge is 0.277 e. The molecule has 2 aromatic rings. The number of hydrogen-bond acceptors (Lipinski definition) is 3. The summed E-state index contributed by atoms with van der Waals surface area (Å²) in [5.41, 5.74) is -0.657. The van der Waals surface area contributed by atoms with E-state index in [4.69, 9.17) is 5.26 Å². The number of nitriles is 1. The number of sulfonamides is 1. The molecule has 0 unspecified atom stereocenters. The highest BCUT2D eigenvalue weighted by Gasteiger charge is 2.18. The Kier molecular flexibility index (Phi) is 4.25. The molecule has 0 fully saturated rings. The van der Waals surface area contributed by atoms with E-state index in [1.807, 2.05) is 4.72 Å². The van der Waals surface area contributed by atoms with E-state index in [0.29, 0.717) is 4.47 Å². The van der Waals surface area contributed by atoms with Gasteiger partial charge in [-0.1, -0.05) is 15.9 Å². The van der Waals surface area contributed by atoms with Crippen molar-refractivity contribution >= 4 is 31.6 Å². The lowest BCUT2D eigenvalue weighted by Gasteiger charge is -2.09. The second kappa shape index (κ2) is 5.79. The molecule has 0 aliphatic heterocycles. The molecule has 0 radical (unpaired) electrons. The van der Waals surface area contributed by atoms with Crippen LogP contribution in [0.2, 0.25) is 0 Å². The summed E-state index contributed by atoms with van der Waals surface area (Å²) < 4.78 is 53.5. The van der Waals surface area contributed by atoms with Crippen LogP contribution in [0.5, 0.6) is 0 Å². The van der Waals surface area contributed by atoms with E-state index in [1.54, 1.807) is 6.07 Å². The van der Waals surface area contributed by atoms with Crippen LogP contribution in [0.1, 0.15) is 5.56 Å². The summed E-state index contributed by atoms with van der Waals surface area (Å²) >= 11 is 3.05. The van der Waals surface area contributed by atoms with Gasteiger partial charge in [-0.15, -0.1) is 0 Å². The molecule has 108 valence electrons. The van der Waals surface area contributed by atoms with Gasteiger partial charge < -0.3 is 0 Å². The number of anilines is 1. The van der Waals surface area contributed by atoms with Crippen molar-refractivity contribution in [3.8, 4) is 6.07 Å². The normalized spacial score (nSPS) is 11.0. The van der Waals surface area contributed by atoms with Crippen LogP contribution < -0.4 is 4.72 Å². The molecule has 8 heteroatoms. The van der Waals surface area contributed by atoms with Crippen molar-refractivity contribution in [1.82, 2.24) is 0 Å². The van der Waals surface area contributed by atoms with Gasteiger partial charge in [0.2, 0.25) is 0 Å². The second-order valence-electron chi connectivity index (χ2n) is 3.98. The summed E-state index contributed by atoms with van der Waals surface area (Å²) in [5, 5.41) is 8.70. The first-order valence-electron chi connectivity index (χ1n) is 5.51. The third-order valence-electron chi connectivity index (χ3n) is 2.54. The van der Waals surface area contributed by atoms with Gasteiger partial charge >= 0.3 is 0 Å². The fourth-order valence-corrected chi connectivity index (χ4v) is 2.96. The zero-order valence-electron chi connectivity index (χ0n) is 10.3. The standard InChI is InChI=1S/C13H7BrF2N2O2S/c14-9-1-4-13(12(16)6-9)18-21(19,20)10-2-3-11(15)8(5-10)7-17/h1-6,18H. The van der Waals surface area contributed by atoms with Gasteiger partial charge in [-0.25, -0.2) is 17.2 Å².